The van der Waals surface area contributed by atoms with Gasteiger partial charge in [-0.3, -0.25) is 4.79 Å². The van der Waals surface area contributed by atoms with Crippen LogP contribution in [-0.4, -0.2) is 16.5 Å². The van der Waals surface area contributed by atoms with Crippen molar-refractivity contribution in [3.05, 3.63) is 22.2 Å². The van der Waals surface area contributed by atoms with Gasteiger partial charge < -0.3 is 10.3 Å². The summed E-state index contributed by atoms with van der Waals surface area (Å²) in [6.45, 7) is 9.11. The molecule has 1 aromatic rings. The fourth-order valence-corrected chi connectivity index (χ4v) is 1.12. The Hall–Kier alpha value is -1.32. The zero-order chi connectivity index (χ0) is 11.5. The minimum Gasteiger partial charge on any atom is -0.369 e. The van der Waals surface area contributed by atoms with Gasteiger partial charge in [-0.05, 0) is 18.8 Å². The first kappa shape index (κ1) is 11.8. The van der Waals surface area contributed by atoms with Crippen LogP contribution in [0.1, 0.15) is 33.0 Å². The molecule has 0 unspecified atom stereocenters. The third kappa shape index (κ3) is 3.73. The highest BCUT2D eigenvalue weighted by Crippen LogP contribution is 2.19. The van der Waals surface area contributed by atoms with Crippen LogP contribution in [0.4, 0.5) is 5.82 Å². The van der Waals surface area contributed by atoms with E-state index in [0.29, 0.717) is 11.6 Å². The van der Waals surface area contributed by atoms with E-state index in [0.717, 1.165) is 13.0 Å². The molecule has 0 atom stereocenters. The van der Waals surface area contributed by atoms with Gasteiger partial charge in [-0.2, -0.15) is 0 Å². The van der Waals surface area contributed by atoms with Crippen LogP contribution >= 0.6 is 0 Å². The fraction of sp³-hybridized carbons (Fsp3) is 0.636. The van der Waals surface area contributed by atoms with Crippen molar-refractivity contribution >= 4 is 5.82 Å². The van der Waals surface area contributed by atoms with Crippen LogP contribution in [0.25, 0.3) is 0 Å². The van der Waals surface area contributed by atoms with E-state index < -0.39 is 0 Å². The maximum absolute atomic E-state index is 11.2. The molecule has 4 heteroatoms. The standard InChI is InChI=1S/C11H19N3O/c1-5-11(3,4)7-12-9-6-10(15)14-8(2)13-9/h6H,5,7H2,1-4H3,(H2,12,13,14,15). The molecule has 4 nitrogen and oxygen atoms in total. The van der Waals surface area contributed by atoms with Crippen molar-refractivity contribution in [2.24, 2.45) is 5.41 Å². The summed E-state index contributed by atoms with van der Waals surface area (Å²) in [5, 5.41) is 3.19. The summed E-state index contributed by atoms with van der Waals surface area (Å²) in [4.78, 5) is 18.0. The molecule has 0 aliphatic carbocycles. The van der Waals surface area contributed by atoms with Crippen molar-refractivity contribution in [1.82, 2.24) is 9.97 Å². The molecular weight excluding hydrogens is 190 g/mol. The van der Waals surface area contributed by atoms with Crippen LogP contribution in [0.3, 0.4) is 0 Å². The largest absolute Gasteiger partial charge is 0.369 e. The number of aromatic amines is 1. The lowest BCUT2D eigenvalue weighted by molar-refractivity contribution is 0.376. The summed E-state index contributed by atoms with van der Waals surface area (Å²) < 4.78 is 0. The molecular formula is C11H19N3O. The Morgan fingerprint density at radius 2 is 2.20 bits per heavy atom. The van der Waals surface area contributed by atoms with Crippen LogP contribution in [0.5, 0.6) is 0 Å². The lowest BCUT2D eigenvalue weighted by atomic mass is 9.90. The molecule has 1 heterocycles. The van der Waals surface area contributed by atoms with Crippen molar-refractivity contribution in [1.29, 1.82) is 0 Å². The molecule has 0 fully saturated rings. The first-order valence-electron chi connectivity index (χ1n) is 5.25. The summed E-state index contributed by atoms with van der Waals surface area (Å²) >= 11 is 0. The Balaban J connectivity index is 2.70. The number of aromatic nitrogens is 2. The van der Waals surface area contributed by atoms with Gasteiger partial charge in [-0.1, -0.05) is 20.8 Å². The lowest BCUT2D eigenvalue weighted by Crippen LogP contribution is -2.23. The van der Waals surface area contributed by atoms with Gasteiger partial charge in [-0.25, -0.2) is 4.98 Å². The zero-order valence-electron chi connectivity index (χ0n) is 9.85. The molecule has 0 aromatic carbocycles. The molecule has 0 bridgehead atoms. The summed E-state index contributed by atoms with van der Waals surface area (Å²) in [6.07, 6.45) is 1.09. The van der Waals surface area contributed by atoms with E-state index in [1.807, 2.05) is 0 Å². The Kier molecular flexibility index (Phi) is 3.50. The Bertz CT molecular complexity index is 382. The van der Waals surface area contributed by atoms with Gasteiger partial charge in [0.05, 0.1) is 0 Å². The van der Waals surface area contributed by atoms with Crippen molar-refractivity contribution in [3.63, 3.8) is 0 Å². The predicted octanol–water partition coefficient (Wildman–Crippen LogP) is 1.93. The summed E-state index contributed by atoms with van der Waals surface area (Å²) in [5.74, 6) is 1.29. The van der Waals surface area contributed by atoms with Gasteiger partial charge in [0.1, 0.15) is 11.6 Å². The second-order valence-electron chi connectivity index (χ2n) is 4.59. The minimum absolute atomic E-state index is 0.112. The number of rotatable bonds is 4. The highest BCUT2D eigenvalue weighted by atomic mass is 16.1. The summed E-state index contributed by atoms with van der Waals surface area (Å²) in [5.41, 5.74) is 0.109. The predicted molar refractivity (Wildman–Crippen MR) is 62.2 cm³/mol. The normalized spacial score (nSPS) is 11.5. The van der Waals surface area contributed by atoms with E-state index in [-0.39, 0.29) is 11.0 Å². The molecule has 0 radical (unpaired) electrons. The topological polar surface area (TPSA) is 57.8 Å². The highest BCUT2D eigenvalue weighted by molar-refractivity contribution is 5.32. The summed E-state index contributed by atoms with van der Waals surface area (Å²) in [6, 6.07) is 1.48. The number of H-pyrrole nitrogens is 1. The Labute approximate surface area is 90.1 Å². The molecule has 0 amide bonds. The number of aryl methyl sites for hydroxylation is 1. The molecule has 0 aliphatic heterocycles. The first-order chi connectivity index (χ1) is 6.93. The average molecular weight is 209 g/mol. The van der Waals surface area contributed by atoms with Gasteiger partial charge in [0, 0.05) is 12.6 Å². The smallest absolute Gasteiger partial charge is 0.252 e. The van der Waals surface area contributed by atoms with E-state index in [1.165, 1.54) is 6.07 Å². The highest BCUT2D eigenvalue weighted by Gasteiger charge is 2.14. The second-order valence-corrected chi connectivity index (χ2v) is 4.59. The van der Waals surface area contributed by atoms with E-state index in [4.69, 9.17) is 0 Å². The van der Waals surface area contributed by atoms with E-state index in [9.17, 15) is 4.79 Å². The van der Waals surface area contributed by atoms with E-state index in [2.05, 4.69) is 36.1 Å². The number of nitrogens with one attached hydrogen (secondary N) is 2. The molecule has 0 aliphatic rings. The van der Waals surface area contributed by atoms with Gasteiger partial charge in [-0.15, -0.1) is 0 Å². The van der Waals surface area contributed by atoms with Gasteiger partial charge in [0.2, 0.25) is 0 Å². The molecule has 0 saturated carbocycles. The second kappa shape index (κ2) is 4.47. The van der Waals surface area contributed by atoms with Crippen LogP contribution in [0.2, 0.25) is 0 Å². The Morgan fingerprint density at radius 3 is 2.73 bits per heavy atom. The third-order valence-corrected chi connectivity index (χ3v) is 2.57. The number of hydrogen-bond donors (Lipinski definition) is 2. The lowest BCUT2D eigenvalue weighted by Gasteiger charge is -2.23. The van der Waals surface area contributed by atoms with Crippen molar-refractivity contribution in [2.75, 3.05) is 11.9 Å². The van der Waals surface area contributed by atoms with Crippen LogP contribution in [-0.2, 0) is 0 Å². The van der Waals surface area contributed by atoms with Crippen LogP contribution in [0, 0.1) is 12.3 Å². The molecule has 2 N–H and O–H groups in total. The van der Waals surface area contributed by atoms with Gasteiger partial charge in [0.25, 0.3) is 5.56 Å². The number of nitrogens with zero attached hydrogens (tertiary/aromatic N) is 1. The summed E-state index contributed by atoms with van der Waals surface area (Å²) in [7, 11) is 0. The number of anilines is 1. The van der Waals surface area contributed by atoms with Crippen LogP contribution in [0.15, 0.2) is 10.9 Å². The number of hydrogen-bond acceptors (Lipinski definition) is 3. The quantitative estimate of drug-likeness (QED) is 0.796. The SMILES string of the molecule is CCC(C)(C)CNc1cc(=O)[nH]c(C)n1. The van der Waals surface area contributed by atoms with Crippen molar-refractivity contribution < 1.29 is 0 Å². The molecule has 1 aromatic heterocycles. The molecule has 84 valence electrons. The molecule has 0 saturated heterocycles. The van der Waals surface area contributed by atoms with Crippen LogP contribution < -0.4 is 10.9 Å². The van der Waals surface area contributed by atoms with Gasteiger partial charge >= 0.3 is 0 Å². The monoisotopic (exact) mass is 209 g/mol. The van der Waals surface area contributed by atoms with Gasteiger partial charge in [0.15, 0.2) is 0 Å². The van der Waals surface area contributed by atoms with E-state index >= 15 is 0 Å². The third-order valence-electron chi connectivity index (χ3n) is 2.57. The minimum atomic E-state index is -0.112. The molecule has 0 spiro atoms. The van der Waals surface area contributed by atoms with E-state index in [1.54, 1.807) is 6.92 Å². The maximum Gasteiger partial charge on any atom is 0.252 e. The average Bonchev–Trinajstić information content (AvgIpc) is 2.14. The maximum atomic E-state index is 11.2. The zero-order valence-corrected chi connectivity index (χ0v) is 9.85. The van der Waals surface area contributed by atoms with Crippen molar-refractivity contribution in [2.45, 2.75) is 34.1 Å². The fourth-order valence-electron chi connectivity index (χ4n) is 1.12. The Morgan fingerprint density at radius 1 is 1.53 bits per heavy atom. The van der Waals surface area contributed by atoms with Crippen molar-refractivity contribution in [3.8, 4) is 0 Å². The first-order valence-corrected chi connectivity index (χ1v) is 5.25. The molecule has 15 heavy (non-hydrogen) atoms. The molecule has 1 rings (SSSR count).